The van der Waals surface area contributed by atoms with E-state index in [1.165, 1.54) is 15.9 Å². The number of hydrogen-bond donors (Lipinski definition) is 1. The van der Waals surface area contributed by atoms with Crippen molar-refractivity contribution in [3.05, 3.63) is 22.1 Å². The van der Waals surface area contributed by atoms with Crippen LogP contribution in [0.5, 0.6) is 0 Å². The summed E-state index contributed by atoms with van der Waals surface area (Å²) in [5.74, 6) is 0. The minimum absolute atomic E-state index is 0.0889. The van der Waals surface area contributed by atoms with Crippen LogP contribution in [0.25, 0.3) is 4.96 Å². The molecule has 0 unspecified atom stereocenters. The molecule has 0 aromatic carbocycles. The van der Waals surface area contributed by atoms with E-state index in [4.69, 9.17) is 0 Å². The number of aryl methyl sites for hydroxylation is 1. The third-order valence-electron chi connectivity index (χ3n) is 4.75. The number of aromatic nitrogens is 3. The predicted octanol–water partition coefficient (Wildman–Crippen LogP) is 1.54. The molecule has 0 bridgehead atoms. The molecule has 3 rings (SSSR count). The molecule has 0 aliphatic carbocycles. The first-order valence-corrected chi connectivity index (χ1v) is 9.77. The number of nitrogens with zero attached hydrogens (tertiary/aromatic N) is 5. The Morgan fingerprint density at radius 2 is 2.00 bits per heavy atom. The third kappa shape index (κ3) is 4.56. The summed E-state index contributed by atoms with van der Waals surface area (Å²) in [5, 5.41) is 8.65. The standard InChI is InChI=1S/C17H28N6OS/c1-5-13-12-14(24)23-16(18-13)25-15(20-23)19-17(2,3)6-7-22-10-8-21(4)9-11-22/h12H,5-11H2,1-4H3,(H,19,20). The van der Waals surface area contributed by atoms with Gasteiger partial charge >= 0.3 is 0 Å². The van der Waals surface area contributed by atoms with Crippen LogP contribution in [0, 0.1) is 0 Å². The van der Waals surface area contributed by atoms with E-state index in [-0.39, 0.29) is 11.1 Å². The summed E-state index contributed by atoms with van der Waals surface area (Å²) < 4.78 is 1.39. The second kappa shape index (κ2) is 7.39. The highest BCUT2D eigenvalue weighted by molar-refractivity contribution is 7.20. The molecule has 0 atom stereocenters. The largest absolute Gasteiger partial charge is 0.355 e. The Kier molecular flexibility index (Phi) is 5.41. The fraction of sp³-hybridized carbons (Fsp3) is 0.706. The van der Waals surface area contributed by atoms with Gasteiger partial charge in [-0.15, -0.1) is 5.10 Å². The molecule has 25 heavy (non-hydrogen) atoms. The number of fused-ring (bicyclic) bond motifs is 1. The molecular formula is C17H28N6OS. The van der Waals surface area contributed by atoms with Crippen molar-refractivity contribution in [1.82, 2.24) is 24.4 Å². The van der Waals surface area contributed by atoms with Gasteiger partial charge in [0.15, 0.2) is 0 Å². The average molecular weight is 365 g/mol. The molecule has 1 fully saturated rings. The average Bonchev–Trinajstić information content (AvgIpc) is 2.96. The molecule has 138 valence electrons. The van der Waals surface area contributed by atoms with Crippen LogP contribution in [0.2, 0.25) is 0 Å². The highest BCUT2D eigenvalue weighted by atomic mass is 32.1. The zero-order chi connectivity index (χ0) is 18.0. The minimum atomic E-state index is -0.110. The maximum absolute atomic E-state index is 12.1. The zero-order valence-corrected chi connectivity index (χ0v) is 16.4. The number of nitrogens with one attached hydrogen (secondary N) is 1. The molecule has 0 saturated carbocycles. The van der Waals surface area contributed by atoms with Gasteiger partial charge in [-0.25, -0.2) is 4.98 Å². The van der Waals surface area contributed by atoms with Crippen LogP contribution in [0.3, 0.4) is 0 Å². The van der Waals surface area contributed by atoms with Crippen molar-refractivity contribution in [2.24, 2.45) is 0 Å². The number of likely N-dealkylation sites (N-methyl/N-ethyl adjacent to an activating group) is 1. The SMILES string of the molecule is CCc1cc(=O)n2nc(NC(C)(C)CCN3CCN(C)CC3)sc2n1. The van der Waals surface area contributed by atoms with E-state index < -0.39 is 0 Å². The summed E-state index contributed by atoms with van der Waals surface area (Å²) >= 11 is 1.44. The normalized spacial score (nSPS) is 17.3. The van der Waals surface area contributed by atoms with Crippen molar-refractivity contribution >= 4 is 21.4 Å². The molecule has 1 aliphatic rings. The second-order valence-electron chi connectivity index (χ2n) is 7.44. The third-order valence-corrected chi connectivity index (χ3v) is 5.58. The Labute approximate surface area is 152 Å². The fourth-order valence-electron chi connectivity index (χ4n) is 2.95. The van der Waals surface area contributed by atoms with Crippen molar-refractivity contribution in [2.75, 3.05) is 45.1 Å². The highest BCUT2D eigenvalue weighted by Crippen LogP contribution is 2.23. The van der Waals surface area contributed by atoms with Gasteiger partial charge in [-0.1, -0.05) is 18.3 Å². The smallest absolute Gasteiger partial charge is 0.275 e. The first-order valence-electron chi connectivity index (χ1n) is 8.95. The summed E-state index contributed by atoms with van der Waals surface area (Å²) in [7, 11) is 2.18. The van der Waals surface area contributed by atoms with Gasteiger partial charge in [0.1, 0.15) is 0 Å². The maximum atomic E-state index is 12.1. The fourth-order valence-corrected chi connectivity index (χ4v) is 3.95. The Morgan fingerprint density at radius 3 is 2.68 bits per heavy atom. The lowest BCUT2D eigenvalue weighted by atomic mass is 10.0. The summed E-state index contributed by atoms with van der Waals surface area (Å²) in [6, 6.07) is 1.56. The van der Waals surface area contributed by atoms with Crippen LogP contribution in [0.4, 0.5) is 5.13 Å². The Morgan fingerprint density at radius 1 is 1.28 bits per heavy atom. The van der Waals surface area contributed by atoms with Crippen LogP contribution >= 0.6 is 11.3 Å². The second-order valence-corrected chi connectivity index (χ2v) is 8.40. The molecular weight excluding hydrogens is 336 g/mol. The van der Waals surface area contributed by atoms with Gasteiger partial charge in [0.05, 0.1) is 0 Å². The summed E-state index contributed by atoms with van der Waals surface area (Å²) in [6.07, 6.45) is 1.78. The van der Waals surface area contributed by atoms with E-state index in [0.29, 0.717) is 4.96 Å². The summed E-state index contributed by atoms with van der Waals surface area (Å²) in [4.78, 5) is 22.2. The van der Waals surface area contributed by atoms with Gasteiger partial charge < -0.3 is 15.1 Å². The van der Waals surface area contributed by atoms with Crippen molar-refractivity contribution in [3.63, 3.8) is 0 Å². The number of rotatable bonds is 6. The van der Waals surface area contributed by atoms with Crippen molar-refractivity contribution in [2.45, 2.75) is 39.2 Å². The molecule has 1 saturated heterocycles. The molecule has 1 aliphatic heterocycles. The van der Waals surface area contributed by atoms with E-state index in [1.807, 2.05) is 6.92 Å². The van der Waals surface area contributed by atoms with E-state index in [1.54, 1.807) is 6.07 Å². The molecule has 2 aromatic heterocycles. The number of hydrogen-bond acceptors (Lipinski definition) is 7. The lowest BCUT2D eigenvalue weighted by Crippen LogP contribution is -2.46. The van der Waals surface area contributed by atoms with Gasteiger partial charge in [0.2, 0.25) is 10.1 Å². The first kappa shape index (κ1) is 18.3. The predicted molar refractivity (Wildman–Crippen MR) is 103 cm³/mol. The van der Waals surface area contributed by atoms with Crippen LogP contribution in [0.15, 0.2) is 10.9 Å². The Balaban J connectivity index is 1.65. The van der Waals surface area contributed by atoms with Gasteiger partial charge in [-0.3, -0.25) is 4.79 Å². The van der Waals surface area contributed by atoms with Crippen LogP contribution in [-0.4, -0.2) is 69.7 Å². The van der Waals surface area contributed by atoms with E-state index in [9.17, 15) is 4.79 Å². The summed E-state index contributed by atoms with van der Waals surface area (Å²) in [5.41, 5.74) is 0.616. The number of anilines is 1. The van der Waals surface area contributed by atoms with E-state index >= 15 is 0 Å². The number of piperazine rings is 1. The van der Waals surface area contributed by atoms with Crippen LogP contribution in [0.1, 0.15) is 32.9 Å². The molecule has 8 heteroatoms. The highest BCUT2D eigenvalue weighted by Gasteiger charge is 2.22. The quantitative estimate of drug-likeness (QED) is 0.839. The molecule has 1 N–H and O–H groups in total. The molecule has 3 heterocycles. The first-order chi connectivity index (χ1) is 11.9. The molecule has 0 amide bonds. The van der Waals surface area contributed by atoms with Gasteiger partial charge in [0, 0.05) is 50.0 Å². The molecule has 7 nitrogen and oxygen atoms in total. The van der Waals surface area contributed by atoms with Gasteiger partial charge in [0.25, 0.3) is 5.56 Å². The Bertz CT molecular complexity index is 775. The Hall–Kier alpha value is -1.51. The minimum Gasteiger partial charge on any atom is -0.355 e. The monoisotopic (exact) mass is 364 g/mol. The molecule has 0 spiro atoms. The van der Waals surface area contributed by atoms with Crippen LogP contribution in [-0.2, 0) is 6.42 Å². The summed E-state index contributed by atoms with van der Waals surface area (Å²) in [6.45, 7) is 12.0. The van der Waals surface area contributed by atoms with E-state index in [0.717, 1.165) is 56.4 Å². The topological polar surface area (TPSA) is 65.8 Å². The lowest BCUT2D eigenvalue weighted by Gasteiger charge is -2.35. The van der Waals surface area contributed by atoms with E-state index in [2.05, 4.69) is 46.1 Å². The maximum Gasteiger partial charge on any atom is 0.275 e. The van der Waals surface area contributed by atoms with Gasteiger partial charge in [-0.05, 0) is 33.7 Å². The van der Waals surface area contributed by atoms with Crippen molar-refractivity contribution in [3.8, 4) is 0 Å². The molecule has 0 radical (unpaired) electrons. The van der Waals surface area contributed by atoms with Crippen molar-refractivity contribution < 1.29 is 0 Å². The molecule has 2 aromatic rings. The zero-order valence-electron chi connectivity index (χ0n) is 15.6. The van der Waals surface area contributed by atoms with Crippen molar-refractivity contribution in [1.29, 1.82) is 0 Å². The van der Waals surface area contributed by atoms with Crippen LogP contribution < -0.4 is 10.9 Å². The van der Waals surface area contributed by atoms with Gasteiger partial charge in [-0.2, -0.15) is 4.52 Å². The lowest BCUT2D eigenvalue weighted by molar-refractivity contribution is 0.147.